The Balaban J connectivity index is 1.86. The molecule has 2 heterocycles. The van der Waals surface area contributed by atoms with Crippen molar-refractivity contribution in [2.75, 3.05) is 19.6 Å². The van der Waals surface area contributed by atoms with Gasteiger partial charge in [0.25, 0.3) is 0 Å². The maximum absolute atomic E-state index is 7.24. The van der Waals surface area contributed by atoms with E-state index in [1.165, 1.54) is 19.3 Å². The van der Waals surface area contributed by atoms with Crippen molar-refractivity contribution >= 4 is 5.90 Å². The molecule has 0 bridgehead atoms. The molecule has 0 radical (unpaired) electrons. The summed E-state index contributed by atoms with van der Waals surface area (Å²) in [5.41, 5.74) is 2.71. The fraction of sp³-hybridized carbons (Fsp3) is 0.857. The SMILES string of the molecule is N=C1CN(N2CCCCC2)NO1. The number of hydrogen-bond acceptors (Lipinski definition) is 5. The summed E-state index contributed by atoms with van der Waals surface area (Å²) in [7, 11) is 0. The summed E-state index contributed by atoms with van der Waals surface area (Å²) in [6.07, 6.45) is 3.81. The van der Waals surface area contributed by atoms with E-state index in [-0.39, 0.29) is 0 Å². The predicted octanol–water partition coefficient (Wildman–Crippen LogP) is 0.116. The van der Waals surface area contributed by atoms with Crippen LogP contribution in [0.25, 0.3) is 0 Å². The van der Waals surface area contributed by atoms with Crippen molar-refractivity contribution in [3.05, 3.63) is 0 Å². The van der Waals surface area contributed by atoms with E-state index in [1.54, 1.807) is 0 Å². The highest BCUT2D eigenvalue weighted by atomic mass is 16.7. The molecule has 0 atom stereocenters. The Bertz CT molecular complexity index is 178. The summed E-state index contributed by atoms with van der Waals surface area (Å²) in [5, 5.41) is 11.3. The second kappa shape index (κ2) is 3.38. The largest absolute Gasteiger partial charge is 0.376 e. The normalized spacial score (nSPS) is 27.5. The lowest BCUT2D eigenvalue weighted by Crippen LogP contribution is -2.48. The van der Waals surface area contributed by atoms with Gasteiger partial charge in [-0.1, -0.05) is 12.0 Å². The average Bonchev–Trinajstić information content (AvgIpc) is 2.54. The van der Waals surface area contributed by atoms with Gasteiger partial charge in [0.05, 0.1) is 0 Å². The molecule has 2 saturated heterocycles. The van der Waals surface area contributed by atoms with Crippen LogP contribution < -0.4 is 5.59 Å². The van der Waals surface area contributed by atoms with Gasteiger partial charge in [0, 0.05) is 13.1 Å². The Kier molecular flexibility index (Phi) is 2.25. The Morgan fingerprint density at radius 3 is 2.58 bits per heavy atom. The molecule has 0 spiro atoms. The Labute approximate surface area is 71.7 Å². The van der Waals surface area contributed by atoms with Crippen LogP contribution in [-0.2, 0) is 4.84 Å². The zero-order valence-corrected chi connectivity index (χ0v) is 7.05. The molecule has 2 rings (SSSR count). The maximum atomic E-state index is 7.24. The molecule has 5 heteroatoms. The van der Waals surface area contributed by atoms with Gasteiger partial charge < -0.3 is 4.84 Å². The van der Waals surface area contributed by atoms with Crippen molar-refractivity contribution in [1.29, 1.82) is 5.41 Å². The summed E-state index contributed by atoms with van der Waals surface area (Å²) < 4.78 is 0. The van der Waals surface area contributed by atoms with Crippen LogP contribution in [0, 0.1) is 5.41 Å². The van der Waals surface area contributed by atoms with Crippen LogP contribution in [-0.4, -0.2) is 35.7 Å². The molecule has 2 N–H and O–H groups in total. The topological polar surface area (TPSA) is 51.6 Å². The number of hydrazine groups is 2. The molecule has 0 aromatic carbocycles. The van der Waals surface area contributed by atoms with Gasteiger partial charge in [-0.3, -0.25) is 5.41 Å². The van der Waals surface area contributed by atoms with Crippen LogP contribution >= 0.6 is 0 Å². The first-order chi connectivity index (χ1) is 5.86. The molecule has 0 aliphatic carbocycles. The van der Waals surface area contributed by atoms with Crippen LogP contribution in [0.3, 0.4) is 0 Å². The van der Waals surface area contributed by atoms with Crippen LogP contribution in [0.2, 0.25) is 0 Å². The number of rotatable bonds is 1. The number of nitrogens with one attached hydrogen (secondary N) is 2. The van der Waals surface area contributed by atoms with Crippen LogP contribution in [0.15, 0.2) is 0 Å². The number of nitrogens with zero attached hydrogens (tertiary/aromatic N) is 2. The highest BCUT2D eigenvalue weighted by molar-refractivity contribution is 5.75. The van der Waals surface area contributed by atoms with Crippen molar-refractivity contribution < 1.29 is 4.84 Å². The molecule has 0 aromatic heterocycles. The Morgan fingerprint density at radius 2 is 2.00 bits per heavy atom. The van der Waals surface area contributed by atoms with Gasteiger partial charge in [0.1, 0.15) is 6.54 Å². The van der Waals surface area contributed by atoms with Crippen molar-refractivity contribution in [3.63, 3.8) is 0 Å². The first kappa shape index (κ1) is 7.97. The van der Waals surface area contributed by atoms with Gasteiger partial charge in [0.2, 0.25) is 5.90 Å². The van der Waals surface area contributed by atoms with E-state index in [4.69, 9.17) is 10.2 Å². The summed E-state index contributed by atoms with van der Waals surface area (Å²) in [5.74, 6) is 0.292. The second-order valence-electron chi connectivity index (χ2n) is 3.19. The molecule has 0 unspecified atom stereocenters. The lowest BCUT2D eigenvalue weighted by atomic mass is 10.2. The van der Waals surface area contributed by atoms with E-state index < -0.39 is 0 Å². The Morgan fingerprint density at radius 1 is 1.25 bits per heavy atom. The molecule has 5 nitrogen and oxygen atoms in total. The Hall–Kier alpha value is -0.650. The first-order valence-electron chi connectivity index (χ1n) is 4.38. The first-order valence-corrected chi connectivity index (χ1v) is 4.38. The van der Waals surface area contributed by atoms with Gasteiger partial charge in [-0.2, -0.15) is 0 Å². The molecular formula is C7H14N4O. The quantitative estimate of drug-likeness (QED) is 0.586. The van der Waals surface area contributed by atoms with E-state index in [9.17, 15) is 0 Å². The minimum atomic E-state index is 0.292. The number of piperidine rings is 1. The minimum absolute atomic E-state index is 0.292. The van der Waals surface area contributed by atoms with E-state index in [1.807, 2.05) is 5.12 Å². The highest BCUT2D eigenvalue weighted by Gasteiger charge is 2.25. The zero-order valence-electron chi connectivity index (χ0n) is 7.05. The van der Waals surface area contributed by atoms with Crippen LogP contribution in [0.5, 0.6) is 0 Å². The molecule has 0 aromatic rings. The van der Waals surface area contributed by atoms with Gasteiger partial charge in [-0.05, 0) is 12.8 Å². The monoisotopic (exact) mass is 170 g/mol. The molecule has 2 fully saturated rings. The lowest BCUT2D eigenvalue weighted by molar-refractivity contribution is -0.117. The third-order valence-electron chi connectivity index (χ3n) is 2.24. The summed E-state index contributed by atoms with van der Waals surface area (Å²) >= 11 is 0. The predicted molar refractivity (Wildman–Crippen MR) is 44.1 cm³/mol. The molecule has 2 aliphatic heterocycles. The maximum Gasteiger partial charge on any atom is 0.225 e. The van der Waals surface area contributed by atoms with Crippen LogP contribution in [0.4, 0.5) is 0 Å². The molecular weight excluding hydrogens is 156 g/mol. The third kappa shape index (κ3) is 1.57. The van der Waals surface area contributed by atoms with Crippen molar-refractivity contribution in [3.8, 4) is 0 Å². The second-order valence-corrected chi connectivity index (χ2v) is 3.19. The van der Waals surface area contributed by atoms with Gasteiger partial charge >= 0.3 is 0 Å². The van der Waals surface area contributed by atoms with Crippen molar-refractivity contribution in [2.24, 2.45) is 0 Å². The molecule has 12 heavy (non-hydrogen) atoms. The van der Waals surface area contributed by atoms with E-state index in [0.29, 0.717) is 12.4 Å². The summed E-state index contributed by atoms with van der Waals surface area (Å²) in [6, 6.07) is 0. The molecule has 68 valence electrons. The lowest BCUT2D eigenvalue weighted by Gasteiger charge is -2.31. The van der Waals surface area contributed by atoms with Gasteiger partial charge in [-0.15, -0.1) is 5.12 Å². The highest BCUT2D eigenvalue weighted by Crippen LogP contribution is 2.11. The van der Waals surface area contributed by atoms with E-state index in [2.05, 4.69) is 10.6 Å². The molecule has 0 amide bonds. The van der Waals surface area contributed by atoms with E-state index in [0.717, 1.165) is 13.1 Å². The van der Waals surface area contributed by atoms with Gasteiger partial charge in [0.15, 0.2) is 0 Å². The average molecular weight is 170 g/mol. The fourth-order valence-corrected chi connectivity index (χ4v) is 1.58. The standard InChI is InChI=1S/C7H14N4O/c8-7-6-11(9-12-7)10-4-2-1-3-5-10/h8-9H,1-6H2. The van der Waals surface area contributed by atoms with Crippen molar-refractivity contribution in [1.82, 2.24) is 15.7 Å². The van der Waals surface area contributed by atoms with Gasteiger partial charge in [-0.25, -0.2) is 5.01 Å². The minimum Gasteiger partial charge on any atom is -0.376 e. The smallest absolute Gasteiger partial charge is 0.225 e. The molecule has 2 aliphatic rings. The molecule has 0 saturated carbocycles. The summed E-state index contributed by atoms with van der Waals surface area (Å²) in [6.45, 7) is 2.70. The van der Waals surface area contributed by atoms with Crippen molar-refractivity contribution in [2.45, 2.75) is 19.3 Å². The van der Waals surface area contributed by atoms with Crippen LogP contribution in [0.1, 0.15) is 19.3 Å². The number of hydrogen-bond donors (Lipinski definition) is 2. The van der Waals surface area contributed by atoms with E-state index >= 15 is 0 Å². The fourth-order valence-electron chi connectivity index (χ4n) is 1.58. The zero-order chi connectivity index (χ0) is 8.39. The summed E-state index contributed by atoms with van der Waals surface area (Å²) in [4.78, 5) is 4.84. The third-order valence-corrected chi connectivity index (χ3v) is 2.24.